The van der Waals surface area contributed by atoms with Gasteiger partial charge < -0.3 is 19.9 Å². The Morgan fingerprint density at radius 1 is 1.13 bits per heavy atom. The van der Waals surface area contributed by atoms with Gasteiger partial charge in [-0.05, 0) is 41.7 Å². The lowest BCUT2D eigenvalue weighted by Gasteiger charge is -2.55. The van der Waals surface area contributed by atoms with Crippen molar-refractivity contribution in [3.63, 3.8) is 0 Å². The first-order valence-corrected chi connectivity index (χ1v) is 13.9. The summed E-state index contributed by atoms with van der Waals surface area (Å²) in [6.45, 7) is 0.876. The SMILES string of the molecule is C#CCN1CC(=O)N2[C@@H](CCSC)C(=O)N(Cc3ccc(OC)cc3)C[C@@H]2N1C(=O)NCc1ccccc1. The highest BCUT2D eigenvalue weighted by molar-refractivity contribution is 7.98. The van der Waals surface area contributed by atoms with Crippen molar-refractivity contribution in [3.8, 4) is 18.1 Å². The first kappa shape index (κ1) is 27.4. The standard InChI is InChI=1S/C28H33N5O4S/c1-4-15-31-20-26(34)32-24(14-16-38-3)27(35)30(18-22-10-12-23(37-2)13-11-22)19-25(32)33(31)28(36)29-17-21-8-6-5-7-9-21/h1,5-13,24-25H,14-20H2,2-3H3,(H,29,36)/t24-,25-/m0/s1. The molecule has 0 unspecified atom stereocenters. The zero-order chi connectivity index (χ0) is 27.1. The molecular formula is C28H33N5O4S. The lowest BCUT2D eigenvalue weighted by atomic mass is 10.0. The van der Waals surface area contributed by atoms with E-state index in [-0.39, 0.29) is 37.5 Å². The van der Waals surface area contributed by atoms with E-state index in [2.05, 4.69) is 11.2 Å². The number of nitrogens with zero attached hydrogens (tertiary/aromatic N) is 4. The minimum atomic E-state index is -0.678. The van der Waals surface area contributed by atoms with Gasteiger partial charge in [0, 0.05) is 13.1 Å². The summed E-state index contributed by atoms with van der Waals surface area (Å²) in [4.78, 5) is 44.0. The summed E-state index contributed by atoms with van der Waals surface area (Å²) in [6.07, 6.45) is 7.40. The number of terminal acetylenes is 1. The number of hydrogen-bond donors (Lipinski definition) is 1. The molecule has 0 radical (unpaired) electrons. The molecule has 2 aliphatic rings. The summed E-state index contributed by atoms with van der Waals surface area (Å²) in [5, 5.41) is 6.09. The third-order valence-electron chi connectivity index (χ3n) is 6.73. The van der Waals surface area contributed by atoms with Gasteiger partial charge >= 0.3 is 6.03 Å². The predicted octanol–water partition coefficient (Wildman–Crippen LogP) is 2.39. The number of carbonyl (C=O) groups excluding carboxylic acids is 3. The Labute approximate surface area is 228 Å². The molecule has 2 heterocycles. The summed E-state index contributed by atoms with van der Waals surface area (Å²) in [5.74, 6) is 3.68. The van der Waals surface area contributed by atoms with Gasteiger partial charge in [0.05, 0.1) is 26.7 Å². The highest BCUT2D eigenvalue weighted by atomic mass is 32.2. The number of thioether (sulfide) groups is 1. The van der Waals surface area contributed by atoms with E-state index in [1.807, 2.05) is 60.9 Å². The normalized spacial score (nSPS) is 19.7. The van der Waals surface area contributed by atoms with Crippen molar-refractivity contribution in [3.05, 3.63) is 65.7 Å². The topological polar surface area (TPSA) is 85.4 Å². The van der Waals surface area contributed by atoms with Gasteiger partial charge in [-0.1, -0.05) is 48.4 Å². The van der Waals surface area contributed by atoms with E-state index >= 15 is 0 Å². The highest BCUT2D eigenvalue weighted by Crippen LogP contribution is 2.29. The number of hydrazine groups is 1. The first-order valence-electron chi connectivity index (χ1n) is 12.5. The molecular weight excluding hydrogens is 502 g/mol. The van der Waals surface area contributed by atoms with E-state index in [1.54, 1.807) is 33.7 Å². The molecule has 4 amide bonds. The second kappa shape index (κ2) is 12.7. The molecule has 1 N–H and O–H groups in total. The molecule has 2 aromatic carbocycles. The van der Waals surface area contributed by atoms with Gasteiger partial charge in [0.25, 0.3) is 0 Å². The van der Waals surface area contributed by atoms with Crippen LogP contribution in [-0.2, 0) is 22.7 Å². The van der Waals surface area contributed by atoms with Crippen molar-refractivity contribution >= 4 is 29.6 Å². The van der Waals surface area contributed by atoms with Crippen molar-refractivity contribution in [2.45, 2.75) is 31.7 Å². The Morgan fingerprint density at radius 3 is 2.53 bits per heavy atom. The van der Waals surface area contributed by atoms with Gasteiger partial charge in [0.15, 0.2) is 0 Å². The molecule has 2 atom stereocenters. The lowest BCUT2D eigenvalue weighted by Crippen LogP contribution is -2.76. The number of piperazine rings is 1. The highest BCUT2D eigenvalue weighted by Gasteiger charge is 2.51. The fraction of sp³-hybridized carbons (Fsp3) is 0.393. The summed E-state index contributed by atoms with van der Waals surface area (Å²) in [6, 6.07) is 16.1. The molecule has 0 aromatic heterocycles. The zero-order valence-electron chi connectivity index (χ0n) is 21.7. The molecule has 2 aromatic rings. The summed E-state index contributed by atoms with van der Waals surface area (Å²) < 4.78 is 5.25. The number of nitrogens with one attached hydrogen (secondary N) is 1. The molecule has 10 heteroatoms. The fourth-order valence-electron chi connectivity index (χ4n) is 4.89. The third-order valence-corrected chi connectivity index (χ3v) is 7.37. The van der Waals surface area contributed by atoms with Crippen LogP contribution >= 0.6 is 11.8 Å². The van der Waals surface area contributed by atoms with Crippen LogP contribution in [0, 0.1) is 12.3 Å². The number of hydrogen-bond acceptors (Lipinski definition) is 6. The lowest BCUT2D eigenvalue weighted by molar-refractivity contribution is -0.189. The number of methoxy groups -OCH3 is 1. The minimum Gasteiger partial charge on any atom is -0.497 e. The van der Waals surface area contributed by atoms with Gasteiger partial charge in [0.2, 0.25) is 11.8 Å². The van der Waals surface area contributed by atoms with E-state index in [0.29, 0.717) is 25.3 Å². The molecule has 2 saturated heterocycles. The number of ether oxygens (including phenoxy) is 1. The fourth-order valence-corrected chi connectivity index (χ4v) is 5.35. The van der Waals surface area contributed by atoms with Crippen LogP contribution < -0.4 is 10.1 Å². The van der Waals surface area contributed by atoms with Crippen LogP contribution in [-0.4, -0.2) is 88.6 Å². The van der Waals surface area contributed by atoms with Crippen LogP contribution in [0.25, 0.3) is 0 Å². The maximum atomic E-state index is 13.7. The average molecular weight is 536 g/mol. The third kappa shape index (κ3) is 6.06. The quantitative estimate of drug-likeness (QED) is 0.497. The maximum Gasteiger partial charge on any atom is 0.334 e. The van der Waals surface area contributed by atoms with Gasteiger partial charge in [-0.15, -0.1) is 6.42 Å². The first-order chi connectivity index (χ1) is 18.5. The number of rotatable bonds is 9. The molecule has 0 saturated carbocycles. The van der Waals surface area contributed by atoms with Crippen molar-refractivity contribution in [2.24, 2.45) is 0 Å². The number of urea groups is 1. The second-order valence-corrected chi connectivity index (χ2v) is 10.1. The summed E-state index contributed by atoms with van der Waals surface area (Å²) >= 11 is 1.62. The Hall–Kier alpha value is -3.68. The number of amides is 4. The summed E-state index contributed by atoms with van der Waals surface area (Å²) in [7, 11) is 1.60. The smallest absolute Gasteiger partial charge is 0.334 e. The molecule has 2 aliphatic heterocycles. The molecule has 2 fully saturated rings. The van der Waals surface area contributed by atoms with E-state index in [4.69, 9.17) is 11.2 Å². The molecule has 0 aliphatic carbocycles. The van der Waals surface area contributed by atoms with E-state index in [1.165, 1.54) is 5.01 Å². The second-order valence-electron chi connectivity index (χ2n) is 9.16. The monoisotopic (exact) mass is 535 g/mol. The van der Waals surface area contributed by atoms with Crippen LogP contribution in [0.3, 0.4) is 0 Å². The van der Waals surface area contributed by atoms with Gasteiger partial charge in [-0.2, -0.15) is 16.8 Å². The number of benzene rings is 2. The van der Waals surface area contributed by atoms with Crippen LogP contribution in [0.15, 0.2) is 54.6 Å². The van der Waals surface area contributed by atoms with E-state index < -0.39 is 12.2 Å². The van der Waals surface area contributed by atoms with Crippen molar-refractivity contribution in [1.29, 1.82) is 0 Å². The van der Waals surface area contributed by atoms with Gasteiger partial charge in [-0.25, -0.2) is 9.80 Å². The molecule has 38 heavy (non-hydrogen) atoms. The molecule has 4 rings (SSSR count). The van der Waals surface area contributed by atoms with E-state index in [0.717, 1.165) is 16.9 Å². The number of fused-ring (bicyclic) bond motifs is 1. The zero-order valence-corrected chi connectivity index (χ0v) is 22.5. The van der Waals surface area contributed by atoms with Crippen LogP contribution in [0.4, 0.5) is 4.79 Å². The van der Waals surface area contributed by atoms with Gasteiger partial charge in [0.1, 0.15) is 18.0 Å². The Bertz CT molecular complexity index is 1170. The van der Waals surface area contributed by atoms with Crippen molar-refractivity contribution in [2.75, 3.05) is 38.8 Å². The Balaban J connectivity index is 1.63. The molecule has 200 valence electrons. The average Bonchev–Trinajstić information content (AvgIpc) is 2.93. The van der Waals surface area contributed by atoms with E-state index in [9.17, 15) is 14.4 Å². The number of carbonyl (C=O) groups is 3. The maximum absolute atomic E-state index is 13.7. The largest absolute Gasteiger partial charge is 0.497 e. The van der Waals surface area contributed by atoms with Crippen LogP contribution in [0.1, 0.15) is 17.5 Å². The van der Waals surface area contributed by atoms with Crippen LogP contribution in [0.5, 0.6) is 5.75 Å². The molecule has 9 nitrogen and oxygen atoms in total. The summed E-state index contributed by atoms with van der Waals surface area (Å²) in [5.41, 5.74) is 1.88. The molecule has 0 bridgehead atoms. The van der Waals surface area contributed by atoms with Crippen molar-refractivity contribution in [1.82, 2.24) is 25.1 Å². The molecule has 0 spiro atoms. The minimum absolute atomic E-state index is 0.0685. The Morgan fingerprint density at radius 2 is 1.87 bits per heavy atom. The predicted molar refractivity (Wildman–Crippen MR) is 147 cm³/mol. The van der Waals surface area contributed by atoms with Gasteiger partial charge in [-0.3, -0.25) is 9.59 Å². The van der Waals surface area contributed by atoms with Crippen molar-refractivity contribution < 1.29 is 19.1 Å². The van der Waals surface area contributed by atoms with Crippen LogP contribution in [0.2, 0.25) is 0 Å². The Kier molecular flexibility index (Phi) is 9.15.